The van der Waals surface area contributed by atoms with E-state index in [2.05, 4.69) is 10.2 Å². The number of aliphatic hydroxyl groups excluding tert-OH is 2. The Bertz CT molecular complexity index is 300. The number of azo groups is 1. The lowest BCUT2D eigenvalue weighted by Gasteiger charge is -2.08. The highest BCUT2D eigenvalue weighted by molar-refractivity contribution is 4.83. The molecule has 0 spiro atoms. The van der Waals surface area contributed by atoms with Crippen LogP contribution in [0.1, 0.15) is 39.5 Å². The average molecular weight is 252 g/mol. The van der Waals surface area contributed by atoms with Crippen LogP contribution in [0.5, 0.6) is 0 Å². The summed E-state index contributed by atoms with van der Waals surface area (Å²) in [6.45, 7) is 3.73. The van der Waals surface area contributed by atoms with Crippen LogP contribution in [0, 0.1) is 22.7 Å². The van der Waals surface area contributed by atoms with E-state index in [1.165, 1.54) is 0 Å². The topological polar surface area (TPSA) is 113 Å². The maximum Gasteiger partial charge on any atom is 0.140 e. The Labute approximate surface area is 108 Å². The van der Waals surface area contributed by atoms with E-state index in [9.17, 15) is 0 Å². The van der Waals surface area contributed by atoms with Crippen LogP contribution in [-0.2, 0) is 0 Å². The minimum atomic E-state index is -0.939. The number of aliphatic hydroxyl groups is 2. The second kappa shape index (κ2) is 9.52. The highest BCUT2D eigenvalue weighted by atomic mass is 16.3. The van der Waals surface area contributed by atoms with Crippen LogP contribution in [0.3, 0.4) is 0 Å². The van der Waals surface area contributed by atoms with E-state index < -0.39 is 12.2 Å². The van der Waals surface area contributed by atoms with Gasteiger partial charge in [-0.25, -0.2) is 0 Å². The van der Waals surface area contributed by atoms with Crippen LogP contribution in [-0.4, -0.2) is 34.5 Å². The Hall–Kier alpha value is -1.50. The maximum absolute atomic E-state index is 9.06. The molecule has 0 aromatic carbocycles. The molecule has 4 unspecified atom stereocenters. The van der Waals surface area contributed by atoms with Gasteiger partial charge in [-0.15, -0.1) is 0 Å². The predicted molar refractivity (Wildman–Crippen MR) is 65.5 cm³/mol. The summed E-state index contributed by atoms with van der Waals surface area (Å²) >= 11 is 0. The van der Waals surface area contributed by atoms with E-state index in [1.807, 2.05) is 13.8 Å². The third kappa shape index (κ3) is 8.63. The summed E-state index contributed by atoms with van der Waals surface area (Å²) in [5.74, 6) is 0. The van der Waals surface area contributed by atoms with Crippen LogP contribution in [0.2, 0.25) is 0 Å². The third-order valence-electron chi connectivity index (χ3n) is 2.47. The molecule has 0 aliphatic heterocycles. The number of rotatable bonds is 8. The van der Waals surface area contributed by atoms with Crippen molar-refractivity contribution in [3.05, 3.63) is 0 Å². The summed E-state index contributed by atoms with van der Waals surface area (Å²) in [5, 5.41) is 43.1. The molecular formula is C12H20N4O2. The van der Waals surface area contributed by atoms with Gasteiger partial charge in [0.2, 0.25) is 0 Å². The molecule has 0 bridgehead atoms. The highest BCUT2D eigenvalue weighted by Gasteiger charge is 2.08. The Morgan fingerprint density at radius 2 is 1.17 bits per heavy atom. The van der Waals surface area contributed by atoms with Gasteiger partial charge < -0.3 is 10.2 Å². The number of nitriles is 2. The SMILES string of the molecule is CC(CCC(O)C#N)/N=N/C(C)CCC(O)C#N. The molecule has 0 saturated heterocycles. The summed E-state index contributed by atoms with van der Waals surface area (Å²) in [6, 6.07) is 3.41. The summed E-state index contributed by atoms with van der Waals surface area (Å²) < 4.78 is 0. The molecule has 100 valence electrons. The monoisotopic (exact) mass is 252 g/mol. The molecule has 18 heavy (non-hydrogen) atoms. The van der Waals surface area contributed by atoms with E-state index in [1.54, 1.807) is 12.1 Å². The van der Waals surface area contributed by atoms with Crippen LogP contribution in [0.15, 0.2) is 10.2 Å². The maximum atomic E-state index is 9.06. The molecule has 0 aromatic heterocycles. The largest absolute Gasteiger partial charge is 0.378 e. The molecule has 0 aromatic rings. The van der Waals surface area contributed by atoms with Gasteiger partial charge in [0, 0.05) is 0 Å². The van der Waals surface area contributed by atoms with Gasteiger partial charge in [0.1, 0.15) is 12.2 Å². The van der Waals surface area contributed by atoms with Gasteiger partial charge in [0.05, 0.1) is 24.2 Å². The molecule has 0 aliphatic rings. The second-order valence-corrected chi connectivity index (χ2v) is 4.37. The first kappa shape index (κ1) is 16.5. The average Bonchev–Trinajstić information content (AvgIpc) is 2.39. The lowest BCUT2D eigenvalue weighted by atomic mass is 10.1. The summed E-state index contributed by atoms with van der Waals surface area (Å²) in [6.07, 6.45) is 0.102. The van der Waals surface area contributed by atoms with E-state index in [-0.39, 0.29) is 12.1 Å². The number of nitrogens with zero attached hydrogens (tertiary/aromatic N) is 4. The number of hydrogen-bond acceptors (Lipinski definition) is 6. The van der Waals surface area contributed by atoms with Gasteiger partial charge >= 0.3 is 0 Å². The van der Waals surface area contributed by atoms with Crippen molar-refractivity contribution in [2.24, 2.45) is 10.2 Å². The third-order valence-corrected chi connectivity index (χ3v) is 2.47. The molecule has 6 nitrogen and oxygen atoms in total. The van der Waals surface area contributed by atoms with Gasteiger partial charge in [0.15, 0.2) is 0 Å². The zero-order chi connectivity index (χ0) is 14.0. The van der Waals surface area contributed by atoms with E-state index in [0.717, 1.165) is 0 Å². The fourth-order valence-electron chi connectivity index (χ4n) is 1.27. The Morgan fingerprint density at radius 3 is 1.44 bits per heavy atom. The van der Waals surface area contributed by atoms with Gasteiger partial charge in [-0.05, 0) is 39.5 Å². The fourth-order valence-corrected chi connectivity index (χ4v) is 1.27. The molecule has 0 heterocycles. The van der Waals surface area contributed by atoms with Crippen LogP contribution < -0.4 is 0 Å². The Morgan fingerprint density at radius 1 is 0.833 bits per heavy atom. The van der Waals surface area contributed by atoms with Crippen molar-refractivity contribution in [3.63, 3.8) is 0 Å². The van der Waals surface area contributed by atoms with Crippen molar-refractivity contribution < 1.29 is 10.2 Å². The molecule has 4 atom stereocenters. The van der Waals surface area contributed by atoms with Crippen molar-refractivity contribution in [1.82, 2.24) is 0 Å². The normalized spacial score (nSPS) is 17.7. The number of hydrogen-bond donors (Lipinski definition) is 2. The van der Waals surface area contributed by atoms with E-state index in [0.29, 0.717) is 25.7 Å². The van der Waals surface area contributed by atoms with Gasteiger partial charge in [0.25, 0.3) is 0 Å². The van der Waals surface area contributed by atoms with Gasteiger partial charge in [-0.1, -0.05) is 0 Å². The Balaban J connectivity index is 3.85. The predicted octanol–water partition coefficient (Wildman–Crippen LogP) is 1.54. The molecule has 0 saturated carbocycles. The minimum Gasteiger partial charge on any atom is -0.378 e. The molecule has 0 fully saturated rings. The zero-order valence-corrected chi connectivity index (χ0v) is 10.8. The smallest absolute Gasteiger partial charge is 0.140 e. The fraction of sp³-hybridized carbons (Fsp3) is 0.833. The van der Waals surface area contributed by atoms with Crippen molar-refractivity contribution in [1.29, 1.82) is 10.5 Å². The van der Waals surface area contributed by atoms with E-state index >= 15 is 0 Å². The summed E-state index contributed by atoms with van der Waals surface area (Å²) in [4.78, 5) is 0. The lowest BCUT2D eigenvalue weighted by molar-refractivity contribution is 0.211. The molecule has 0 amide bonds. The molecule has 0 rings (SSSR count). The first-order valence-corrected chi connectivity index (χ1v) is 6.05. The molecule has 2 N–H and O–H groups in total. The van der Waals surface area contributed by atoms with Crippen molar-refractivity contribution in [2.75, 3.05) is 0 Å². The van der Waals surface area contributed by atoms with Crippen molar-refractivity contribution in [3.8, 4) is 12.1 Å². The van der Waals surface area contributed by atoms with Crippen molar-refractivity contribution >= 4 is 0 Å². The van der Waals surface area contributed by atoms with Gasteiger partial charge in [-0.2, -0.15) is 20.8 Å². The first-order valence-electron chi connectivity index (χ1n) is 6.05. The molecule has 0 aliphatic carbocycles. The lowest BCUT2D eigenvalue weighted by Crippen LogP contribution is -2.09. The second-order valence-electron chi connectivity index (χ2n) is 4.37. The zero-order valence-electron chi connectivity index (χ0n) is 10.8. The summed E-state index contributed by atoms with van der Waals surface area (Å²) in [7, 11) is 0. The quantitative estimate of drug-likeness (QED) is 0.504. The highest BCUT2D eigenvalue weighted by Crippen LogP contribution is 2.09. The first-order chi connectivity index (χ1) is 8.49. The van der Waals surface area contributed by atoms with E-state index in [4.69, 9.17) is 20.7 Å². The van der Waals surface area contributed by atoms with Crippen LogP contribution >= 0.6 is 0 Å². The molecule has 6 heteroatoms. The van der Waals surface area contributed by atoms with Crippen LogP contribution in [0.25, 0.3) is 0 Å². The standard InChI is InChI=1S/C12H20N4O2/c1-9(3-5-11(17)7-13)15-16-10(2)4-6-12(18)8-14/h9-12,17-18H,3-6H2,1-2H3/b16-15+. The molecule has 0 radical (unpaired) electrons. The summed E-state index contributed by atoms with van der Waals surface area (Å²) in [5.41, 5.74) is 0. The molecular weight excluding hydrogens is 232 g/mol. The van der Waals surface area contributed by atoms with Gasteiger partial charge in [-0.3, -0.25) is 0 Å². The minimum absolute atomic E-state index is 0.0451. The Kier molecular flexibility index (Phi) is 8.73. The van der Waals surface area contributed by atoms with Crippen LogP contribution in [0.4, 0.5) is 0 Å². The van der Waals surface area contributed by atoms with Crippen molar-refractivity contribution in [2.45, 2.75) is 63.8 Å².